The van der Waals surface area contributed by atoms with E-state index in [1.165, 1.54) is 22.5 Å². The number of halogens is 1. The van der Waals surface area contributed by atoms with Gasteiger partial charge in [-0.3, -0.25) is 4.48 Å². The number of quaternary nitrogens is 1. The minimum absolute atomic E-state index is 0.252. The third-order valence-corrected chi connectivity index (χ3v) is 6.53. The molecule has 0 unspecified atom stereocenters. The maximum Gasteiger partial charge on any atom is 0.315 e. The molecule has 0 saturated carbocycles. The summed E-state index contributed by atoms with van der Waals surface area (Å²) < 4.78 is 15.4. The first kappa shape index (κ1) is 18.8. The number of benzene rings is 1. The number of piperazine rings is 1. The molecule has 1 saturated heterocycles. The van der Waals surface area contributed by atoms with E-state index >= 15 is 0 Å². The smallest absolute Gasteiger partial charge is 0.315 e. The molecule has 1 aromatic carbocycles. The highest BCUT2D eigenvalue weighted by Crippen LogP contribution is 2.39. The van der Waals surface area contributed by atoms with Gasteiger partial charge in [-0.15, -0.1) is 11.3 Å². The maximum absolute atomic E-state index is 13.4. The molecule has 146 valence electrons. The van der Waals surface area contributed by atoms with Crippen molar-refractivity contribution in [2.45, 2.75) is 13.3 Å². The molecule has 3 aromatic rings. The largest absolute Gasteiger partial charge is 0.351 e. The monoisotopic (exact) mass is 399 g/mol. The number of aromatic nitrogens is 1. The van der Waals surface area contributed by atoms with Crippen LogP contribution in [0.5, 0.6) is 0 Å². The number of primary amides is 1. The SMILES string of the molecule is CCC[N+]1(c2cc(-c3ccc(F)cc3)nc3ccsc23)CCN(C(N)=O)CC1. The van der Waals surface area contributed by atoms with Gasteiger partial charge in [0.05, 0.1) is 30.8 Å². The van der Waals surface area contributed by atoms with E-state index in [9.17, 15) is 9.18 Å². The molecule has 0 spiro atoms. The van der Waals surface area contributed by atoms with Crippen molar-refractivity contribution in [3.63, 3.8) is 0 Å². The standard InChI is InChI=1S/C21H23FN4OS/c1-2-10-26(11-8-25(9-12-26)21(23)27)19-14-18(15-3-5-16(22)6-4-15)24-17-7-13-28-20(17)19/h3-7,13-14H,2,8-12H2,1H3,(H-,23,27)/p+1. The lowest BCUT2D eigenvalue weighted by Crippen LogP contribution is -2.62. The third-order valence-electron chi connectivity index (χ3n) is 5.60. The van der Waals surface area contributed by atoms with Crippen molar-refractivity contribution >= 4 is 33.3 Å². The molecule has 0 atom stereocenters. The van der Waals surface area contributed by atoms with Gasteiger partial charge in [0.15, 0.2) is 5.69 Å². The number of carbonyl (C=O) groups is 1. The molecular weight excluding hydrogens is 375 g/mol. The molecule has 1 aliphatic rings. The second-order valence-corrected chi connectivity index (χ2v) is 8.23. The lowest BCUT2D eigenvalue weighted by Gasteiger charge is -2.44. The fourth-order valence-electron chi connectivity index (χ4n) is 4.14. The van der Waals surface area contributed by atoms with Gasteiger partial charge in [-0.25, -0.2) is 14.2 Å². The highest BCUT2D eigenvalue weighted by Gasteiger charge is 2.37. The first-order valence-corrected chi connectivity index (χ1v) is 10.5. The van der Waals surface area contributed by atoms with Gasteiger partial charge < -0.3 is 10.6 Å². The Morgan fingerprint density at radius 3 is 2.61 bits per heavy atom. The van der Waals surface area contributed by atoms with Crippen LogP contribution >= 0.6 is 11.3 Å². The van der Waals surface area contributed by atoms with Crippen LogP contribution in [0.25, 0.3) is 21.5 Å². The molecular formula is C21H24FN4OS+. The van der Waals surface area contributed by atoms with Crippen molar-refractivity contribution < 1.29 is 9.18 Å². The van der Waals surface area contributed by atoms with Crippen LogP contribution in [0.3, 0.4) is 0 Å². The van der Waals surface area contributed by atoms with Crippen molar-refractivity contribution in [2.75, 3.05) is 32.7 Å². The molecule has 2 amide bonds. The topological polar surface area (TPSA) is 59.2 Å². The molecule has 4 rings (SSSR count). The molecule has 5 nitrogen and oxygen atoms in total. The highest BCUT2D eigenvalue weighted by molar-refractivity contribution is 7.17. The van der Waals surface area contributed by atoms with Crippen LogP contribution < -0.4 is 10.2 Å². The Morgan fingerprint density at radius 1 is 1.25 bits per heavy atom. The summed E-state index contributed by atoms with van der Waals surface area (Å²) in [6.45, 7) is 6.14. The molecule has 1 fully saturated rings. The van der Waals surface area contributed by atoms with Crippen LogP contribution in [0, 0.1) is 5.82 Å². The lowest BCUT2D eigenvalue weighted by molar-refractivity contribution is 0.147. The molecule has 0 radical (unpaired) electrons. The van der Waals surface area contributed by atoms with Crippen LogP contribution in [0.2, 0.25) is 0 Å². The van der Waals surface area contributed by atoms with Crippen LogP contribution in [-0.4, -0.2) is 48.6 Å². The number of nitrogens with two attached hydrogens (primary N) is 1. The van der Waals surface area contributed by atoms with Crippen LogP contribution in [-0.2, 0) is 0 Å². The Kier molecular flexibility index (Phi) is 5.03. The molecule has 0 aliphatic carbocycles. The fourth-order valence-corrected chi connectivity index (χ4v) is 5.08. The van der Waals surface area contributed by atoms with Gasteiger partial charge >= 0.3 is 6.03 Å². The van der Waals surface area contributed by atoms with Gasteiger partial charge in [-0.2, -0.15) is 0 Å². The summed E-state index contributed by atoms with van der Waals surface area (Å²) >= 11 is 1.70. The summed E-state index contributed by atoms with van der Waals surface area (Å²) in [6, 6.07) is 10.3. The number of fused-ring (bicyclic) bond motifs is 1. The fraction of sp³-hybridized carbons (Fsp3) is 0.333. The average molecular weight is 400 g/mol. The number of urea groups is 1. The summed E-state index contributed by atoms with van der Waals surface area (Å²) in [5, 5.41) is 2.07. The van der Waals surface area contributed by atoms with Gasteiger partial charge in [-0.1, -0.05) is 6.92 Å². The van der Waals surface area contributed by atoms with E-state index in [-0.39, 0.29) is 11.8 Å². The number of thiophene rings is 1. The van der Waals surface area contributed by atoms with Crippen molar-refractivity contribution in [3.05, 3.63) is 47.6 Å². The molecule has 3 heterocycles. The van der Waals surface area contributed by atoms with Crippen LogP contribution in [0.1, 0.15) is 13.3 Å². The van der Waals surface area contributed by atoms with Gasteiger partial charge in [-0.05, 0) is 42.1 Å². The van der Waals surface area contributed by atoms with Crippen molar-refractivity contribution in [2.24, 2.45) is 5.73 Å². The van der Waals surface area contributed by atoms with Crippen LogP contribution in [0.15, 0.2) is 41.8 Å². The van der Waals surface area contributed by atoms with Crippen molar-refractivity contribution in [1.82, 2.24) is 14.4 Å². The summed E-state index contributed by atoms with van der Waals surface area (Å²) in [5.74, 6) is -0.252. The second kappa shape index (κ2) is 7.48. The Balaban J connectivity index is 1.82. The average Bonchev–Trinajstić information content (AvgIpc) is 3.17. The summed E-state index contributed by atoms with van der Waals surface area (Å²) in [5.41, 5.74) is 9.46. The Bertz CT molecular complexity index is 993. The zero-order valence-electron chi connectivity index (χ0n) is 15.9. The third kappa shape index (κ3) is 3.36. The highest BCUT2D eigenvalue weighted by atomic mass is 32.1. The van der Waals surface area contributed by atoms with Crippen molar-refractivity contribution in [3.8, 4) is 11.3 Å². The van der Waals surface area contributed by atoms with E-state index < -0.39 is 0 Å². The van der Waals surface area contributed by atoms with E-state index in [0.29, 0.717) is 13.1 Å². The first-order valence-electron chi connectivity index (χ1n) is 9.58. The Hall–Kier alpha value is -2.51. The van der Waals surface area contributed by atoms with E-state index in [0.717, 1.165) is 47.3 Å². The molecule has 28 heavy (non-hydrogen) atoms. The lowest BCUT2D eigenvalue weighted by atomic mass is 10.1. The van der Waals surface area contributed by atoms with Gasteiger partial charge in [0.1, 0.15) is 23.6 Å². The quantitative estimate of drug-likeness (QED) is 0.668. The number of nitrogens with zero attached hydrogens (tertiary/aromatic N) is 3. The molecule has 7 heteroatoms. The maximum atomic E-state index is 13.4. The number of hydrogen-bond acceptors (Lipinski definition) is 3. The molecule has 1 aliphatic heterocycles. The molecule has 2 N–H and O–H groups in total. The second-order valence-electron chi connectivity index (χ2n) is 7.31. The van der Waals surface area contributed by atoms with E-state index in [2.05, 4.69) is 18.4 Å². The summed E-state index contributed by atoms with van der Waals surface area (Å²) in [4.78, 5) is 18.1. The normalized spacial score (nSPS) is 16.4. The zero-order valence-corrected chi connectivity index (χ0v) is 16.7. The van der Waals surface area contributed by atoms with Gasteiger partial charge in [0.25, 0.3) is 0 Å². The minimum Gasteiger partial charge on any atom is -0.351 e. The zero-order chi connectivity index (χ0) is 19.7. The van der Waals surface area contributed by atoms with E-state index in [1.54, 1.807) is 28.4 Å². The Labute approximate surface area is 167 Å². The van der Waals surface area contributed by atoms with Gasteiger partial charge in [0.2, 0.25) is 0 Å². The summed E-state index contributed by atoms with van der Waals surface area (Å²) in [7, 11) is 0. The number of rotatable bonds is 4. The van der Waals surface area contributed by atoms with E-state index in [1.807, 2.05) is 6.07 Å². The number of pyridine rings is 1. The van der Waals surface area contributed by atoms with Crippen molar-refractivity contribution in [1.29, 1.82) is 0 Å². The molecule has 0 bridgehead atoms. The number of hydrogen-bond donors (Lipinski definition) is 1. The minimum atomic E-state index is -0.350. The Morgan fingerprint density at radius 2 is 1.96 bits per heavy atom. The van der Waals surface area contributed by atoms with Crippen LogP contribution in [0.4, 0.5) is 14.9 Å². The van der Waals surface area contributed by atoms with Gasteiger partial charge in [0, 0.05) is 11.6 Å². The molecule has 2 aromatic heterocycles. The first-order chi connectivity index (χ1) is 13.5. The predicted octanol–water partition coefficient (Wildman–Crippen LogP) is 4.21. The number of carbonyl (C=O) groups excluding carboxylic acids is 1. The van der Waals surface area contributed by atoms with E-state index in [4.69, 9.17) is 10.7 Å². The predicted molar refractivity (Wildman–Crippen MR) is 113 cm³/mol. The number of amides is 2. The summed E-state index contributed by atoms with van der Waals surface area (Å²) in [6.07, 6.45) is 1.04.